The second kappa shape index (κ2) is 11.9. The van der Waals surface area contributed by atoms with Gasteiger partial charge in [0.2, 0.25) is 0 Å². The maximum Gasteiger partial charge on any atom is 0.323 e. The molecule has 2 amide bonds. The van der Waals surface area contributed by atoms with Crippen molar-refractivity contribution in [3.63, 3.8) is 0 Å². The van der Waals surface area contributed by atoms with Crippen LogP contribution in [0.1, 0.15) is 12.8 Å². The highest BCUT2D eigenvalue weighted by Gasteiger charge is 2.18. The molecule has 0 bridgehead atoms. The monoisotopic (exact) mass is 527 g/mol. The molecule has 3 N–H and O–H groups in total. The van der Waals surface area contributed by atoms with Crippen LogP contribution in [-0.2, 0) is 0 Å². The van der Waals surface area contributed by atoms with Crippen LogP contribution in [0.15, 0.2) is 72.9 Å². The van der Waals surface area contributed by atoms with E-state index >= 15 is 0 Å². The summed E-state index contributed by atoms with van der Waals surface area (Å²) >= 11 is 0. The third-order valence-corrected chi connectivity index (χ3v) is 6.92. The summed E-state index contributed by atoms with van der Waals surface area (Å²) in [7, 11) is 5.19. The summed E-state index contributed by atoms with van der Waals surface area (Å²) in [6.45, 7) is 2.04. The lowest BCUT2D eigenvalue weighted by atomic mass is 10.0. The molecule has 0 unspecified atom stereocenters. The third-order valence-electron chi connectivity index (χ3n) is 6.92. The van der Waals surface area contributed by atoms with E-state index in [2.05, 4.69) is 25.8 Å². The maximum atomic E-state index is 12.7. The first-order valence-corrected chi connectivity index (χ1v) is 12.9. The highest BCUT2D eigenvalue weighted by Crippen LogP contribution is 2.37. The Bertz CT molecular complexity index is 1440. The van der Waals surface area contributed by atoms with Gasteiger partial charge in [0.1, 0.15) is 11.5 Å². The summed E-state index contributed by atoms with van der Waals surface area (Å²) in [5.74, 6) is 2.36. The van der Waals surface area contributed by atoms with Crippen LogP contribution < -0.4 is 35.1 Å². The van der Waals surface area contributed by atoms with Crippen molar-refractivity contribution in [3.8, 4) is 23.0 Å². The van der Waals surface area contributed by atoms with Crippen LogP contribution in [0.25, 0.3) is 10.9 Å². The van der Waals surface area contributed by atoms with Crippen molar-refractivity contribution in [2.75, 3.05) is 49.9 Å². The molecule has 0 saturated carbocycles. The second-order valence-corrected chi connectivity index (χ2v) is 9.34. The number of aromatic nitrogens is 1. The number of rotatable bonds is 8. The number of pyridine rings is 1. The average Bonchev–Trinajstić information content (AvgIpc) is 2.97. The van der Waals surface area contributed by atoms with Crippen molar-refractivity contribution in [2.24, 2.45) is 0 Å². The zero-order valence-corrected chi connectivity index (χ0v) is 22.4. The fourth-order valence-corrected chi connectivity index (χ4v) is 4.78. The summed E-state index contributed by atoms with van der Waals surface area (Å²) in [6.07, 6.45) is 3.93. The van der Waals surface area contributed by atoms with Gasteiger partial charge < -0.3 is 35.1 Å². The highest BCUT2D eigenvalue weighted by molar-refractivity contribution is 6.00. The molecule has 4 aromatic rings. The quantitative estimate of drug-likeness (QED) is 0.263. The molecular formula is C30H33N5O4. The summed E-state index contributed by atoms with van der Waals surface area (Å²) in [5.41, 5.74) is 3.21. The van der Waals surface area contributed by atoms with Crippen molar-refractivity contribution in [1.29, 1.82) is 0 Å². The van der Waals surface area contributed by atoms with Crippen molar-refractivity contribution >= 4 is 34.0 Å². The van der Waals surface area contributed by atoms with Gasteiger partial charge in [-0.3, -0.25) is 4.98 Å². The van der Waals surface area contributed by atoms with E-state index in [1.165, 1.54) is 5.69 Å². The zero-order valence-electron chi connectivity index (χ0n) is 22.4. The molecule has 9 nitrogen and oxygen atoms in total. The van der Waals surface area contributed by atoms with E-state index in [0.29, 0.717) is 40.2 Å². The number of piperidine rings is 1. The number of anilines is 3. The molecule has 9 heteroatoms. The molecule has 5 rings (SSSR count). The number of methoxy groups -OCH3 is 2. The lowest BCUT2D eigenvalue weighted by Gasteiger charge is -2.33. The number of ether oxygens (including phenoxy) is 3. The number of carbonyl (C=O) groups is 1. The molecule has 2 heterocycles. The number of nitrogens with zero attached hydrogens (tertiary/aromatic N) is 2. The Kier molecular flexibility index (Phi) is 7.98. The molecule has 0 atom stereocenters. The average molecular weight is 528 g/mol. The van der Waals surface area contributed by atoms with Crippen molar-refractivity contribution in [3.05, 3.63) is 72.9 Å². The lowest BCUT2D eigenvalue weighted by Crippen LogP contribution is -2.41. The SMILES string of the molecule is CNC1CCN(c2ccc(NC(=O)Nc3cccc(Oc4ccnc5cc(OC)c(OC)cc45)c3)cc2)CC1. The largest absolute Gasteiger partial charge is 0.493 e. The minimum atomic E-state index is -0.332. The van der Waals surface area contributed by atoms with Crippen LogP contribution >= 0.6 is 0 Å². The molecule has 0 aliphatic carbocycles. The molecule has 1 aliphatic heterocycles. The van der Waals surface area contributed by atoms with Crippen LogP contribution in [-0.4, -0.2) is 51.4 Å². The number of amides is 2. The van der Waals surface area contributed by atoms with E-state index in [0.717, 1.165) is 37.0 Å². The summed E-state index contributed by atoms with van der Waals surface area (Å²) in [4.78, 5) is 19.5. The number of hydrogen-bond donors (Lipinski definition) is 3. The molecule has 202 valence electrons. The Morgan fingerprint density at radius 2 is 1.59 bits per heavy atom. The first kappa shape index (κ1) is 26.1. The number of carbonyl (C=O) groups excluding carboxylic acids is 1. The molecule has 0 radical (unpaired) electrons. The Hall–Kier alpha value is -4.50. The first-order chi connectivity index (χ1) is 19.1. The van der Waals surface area contributed by atoms with Gasteiger partial charge in [-0.25, -0.2) is 4.79 Å². The predicted molar refractivity (Wildman–Crippen MR) is 155 cm³/mol. The Labute approximate surface area is 228 Å². The number of hydrogen-bond acceptors (Lipinski definition) is 7. The normalized spacial score (nSPS) is 13.7. The van der Waals surface area contributed by atoms with Gasteiger partial charge in [-0.15, -0.1) is 0 Å². The van der Waals surface area contributed by atoms with Gasteiger partial charge in [0.05, 0.1) is 19.7 Å². The predicted octanol–water partition coefficient (Wildman–Crippen LogP) is 5.88. The molecular weight excluding hydrogens is 494 g/mol. The molecule has 1 aromatic heterocycles. The number of fused-ring (bicyclic) bond motifs is 1. The van der Waals surface area contributed by atoms with E-state index in [1.807, 2.05) is 61.6 Å². The van der Waals surface area contributed by atoms with Crippen molar-refractivity contribution in [1.82, 2.24) is 10.3 Å². The second-order valence-electron chi connectivity index (χ2n) is 9.34. The highest BCUT2D eigenvalue weighted by atomic mass is 16.5. The van der Waals surface area contributed by atoms with Crippen LogP contribution in [0.5, 0.6) is 23.0 Å². The third kappa shape index (κ3) is 6.15. The summed E-state index contributed by atoms with van der Waals surface area (Å²) in [6, 6.07) is 20.9. The molecule has 39 heavy (non-hydrogen) atoms. The molecule has 3 aromatic carbocycles. The van der Waals surface area contributed by atoms with Gasteiger partial charge >= 0.3 is 6.03 Å². The maximum absolute atomic E-state index is 12.7. The first-order valence-electron chi connectivity index (χ1n) is 12.9. The minimum absolute atomic E-state index is 0.332. The van der Waals surface area contributed by atoms with Crippen molar-refractivity contribution < 1.29 is 19.0 Å². The van der Waals surface area contributed by atoms with Crippen LogP contribution in [0.3, 0.4) is 0 Å². The van der Waals surface area contributed by atoms with Crippen LogP contribution in [0.2, 0.25) is 0 Å². The van der Waals surface area contributed by atoms with Gasteiger partial charge in [-0.2, -0.15) is 0 Å². The lowest BCUT2D eigenvalue weighted by molar-refractivity contribution is 0.262. The Morgan fingerprint density at radius 3 is 2.31 bits per heavy atom. The van der Waals surface area contributed by atoms with E-state index in [9.17, 15) is 4.79 Å². The molecule has 1 aliphatic rings. The number of benzene rings is 3. The van der Waals surface area contributed by atoms with Gasteiger partial charge in [-0.1, -0.05) is 6.07 Å². The van der Waals surface area contributed by atoms with Gasteiger partial charge in [0, 0.05) is 59.9 Å². The Balaban J connectivity index is 1.23. The number of urea groups is 1. The smallest absolute Gasteiger partial charge is 0.323 e. The zero-order chi connectivity index (χ0) is 27.2. The van der Waals surface area contributed by atoms with Crippen LogP contribution in [0, 0.1) is 0 Å². The van der Waals surface area contributed by atoms with Gasteiger partial charge in [0.15, 0.2) is 11.5 Å². The van der Waals surface area contributed by atoms with Crippen molar-refractivity contribution in [2.45, 2.75) is 18.9 Å². The summed E-state index contributed by atoms with van der Waals surface area (Å²) < 4.78 is 17.0. The number of nitrogens with one attached hydrogen (secondary N) is 3. The van der Waals surface area contributed by atoms with E-state index < -0.39 is 0 Å². The molecule has 0 spiro atoms. The van der Waals surface area contributed by atoms with E-state index in [4.69, 9.17) is 14.2 Å². The standard InChI is InChI=1S/C30H33N5O4/c1-31-20-12-15-35(16-13-20)23-9-7-21(8-10-23)33-30(36)34-22-5-4-6-24(17-22)39-27-11-14-32-26-19-29(38-3)28(37-2)18-25(26)27/h4-11,14,17-20,31H,12-13,15-16H2,1-3H3,(H2,33,34,36). The minimum Gasteiger partial charge on any atom is -0.493 e. The van der Waals surface area contributed by atoms with Crippen LogP contribution in [0.4, 0.5) is 21.9 Å². The van der Waals surface area contributed by atoms with E-state index in [-0.39, 0.29) is 6.03 Å². The van der Waals surface area contributed by atoms with Gasteiger partial charge in [0.25, 0.3) is 0 Å². The molecule has 1 saturated heterocycles. The topological polar surface area (TPSA) is 97.0 Å². The Morgan fingerprint density at radius 1 is 0.872 bits per heavy atom. The van der Waals surface area contributed by atoms with E-state index in [1.54, 1.807) is 32.5 Å². The molecule has 1 fully saturated rings. The fraction of sp³-hybridized carbons (Fsp3) is 0.267. The fourth-order valence-electron chi connectivity index (χ4n) is 4.78. The van der Waals surface area contributed by atoms with Gasteiger partial charge in [-0.05, 0) is 68.4 Å². The summed E-state index contributed by atoms with van der Waals surface area (Å²) in [5, 5.41) is 9.92.